The molecular formula is C23H20ClN3O5. The summed E-state index contributed by atoms with van der Waals surface area (Å²) in [6.45, 7) is 2.68. The quantitative estimate of drug-likeness (QED) is 0.279. The lowest BCUT2D eigenvalue weighted by atomic mass is 10.2. The maximum absolute atomic E-state index is 12.1. The number of amides is 1. The van der Waals surface area contributed by atoms with E-state index in [0.29, 0.717) is 35.3 Å². The van der Waals surface area contributed by atoms with Crippen molar-refractivity contribution in [2.75, 3.05) is 6.61 Å². The van der Waals surface area contributed by atoms with Gasteiger partial charge in [0, 0.05) is 22.7 Å². The van der Waals surface area contributed by atoms with Crippen LogP contribution < -0.4 is 14.9 Å². The van der Waals surface area contributed by atoms with Crippen LogP contribution in [0.5, 0.6) is 11.5 Å². The lowest BCUT2D eigenvalue weighted by Gasteiger charge is -2.12. The van der Waals surface area contributed by atoms with E-state index in [9.17, 15) is 14.9 Å². The highest BCUT2D eigenvalue weighted by Gasteiger charge is 2.09. The zero-order valence-electron chi connectivity index (χ0n) is 17.2. The fourth-order valence-electron chi connectivity index (χ4n) is 2.70. The number of nitro groups is 1. The van der Waals surface area contributed by atoms with Gasteiger partial charge in [0.05, 0.1) is 17.7 Å². The van der Waals surface area contributed by atoms with Crippen LogP contribution in [0.2, 0.25) is 5.02 Å². The number of halogens is 1. The molecule has 0 unspecified atom stereocenters. The van der Waals surface area contributed by atoms with Crippen molar-refractivity contribution >= 4 is 29.4 Å². The van der Waals surface area contributed by atoms with Crippen LogP contribution in [0.1, 0.15) is 28.4 Å². The van der Waals surface area contributed by atoms with Crippen molar-refractivity contribution in [1.82, 2.24) is 5.43 Å². The van der Waals surface area contributed by atoms with Crippen LogP contribution in [0, 0.1) is 10.1 Å². The Labute approximate surface area is 189 Å². The Morgan fingerprint density at radius 1 is 1.06 bits per heavy atom. The van der Waals surface area contributed by atoms with Crippen LogP contribution in [-0.2, 0) is 6.61 Å². The molecule has 0 heterocycles. The molecule has 164 valence electrons. The van der Waals surface area contributed by atoms with Gasteiger partial charge in [-0.15, -0.1) is 0 Å². The standard InChI is InChI=1S/C23H20ClN3O5/c1-2-31-22-13-17(5-12-21(22)32-15-16-3-8-19(24)9-4-16)14-25-26-23(28)18-6-10-20(11-7-18)27(29)30/h3-14H,2,15H2,1H3,(H,26,28). The van der Waals surface area contributed by atoms with Crippen molar-refractivity contribution in [3.05, 3.63) is 98.6 Å². The minimum atomic E-state index is -0.529. The Balaban J connectivity index is 1.63. The van der Waals surface area contributed by atoms with Gasteiger partial charge in [-0.05, 0) is 60.5 Å². The second-order valence-electron chi connectivity index (χ2n) is 6.56. The highest BCUT2D eigenvalue weighted by molar-refractivity contribution is 6.30. The summed E-state index contributed by atoms with van der Waals surface area (Å²) in [6.07, 6.45) is 1.47. The van der Waals surface area contributed by atoms with Gasteiger partial charge in [0.1, 0.15) is 6.61 Å². The molecule has 0 saturated carbocycles. The summed E-state index contributed by atoms with van der Waals surface area (Å²) in [5, 5.41) is 15.3. The molecule has 3 aromatic rings. The maximum Gasteiger partial charge on any atom is 0.271 e. The predicted octanol–water partition coefficient (Wildman–Crippen LogP) is 4.99. The van der Waals surface area contributed by atoms with Gasteiger partial charge in [-0.3, -0.25) is 14.9 Å². The summed E-state index contributed by atoms with van der Waals surface area (Å²) in [6, 6.07) is 17.9. The number of hydrazone groups is 1. The minimum Gasteiger partial charge on any atom is -0.490 e. The Morgan fingerprint density at radius 2 is 1.78 bits per heavy atom. The molecule has 32 heavy (non-hydrogen) atoms. The molecule has 8 nitrogen and oxygen atoms in total. The van der Waals surface area contributed by atoms with Crippen LogP contribution in [0.3, 0.4) is 0 Å². The molecule has 1 N–H and O–H groups in total. The number of nitrogens with zero attached hydrogens (tertiary/aromatic N) is 2. The van der Waals surface area contributed by atoms with Gasteiger partial charge in [0.25, 0.3) is 11.6 Å². The summed E-state index contributed by atoms with van der Waals surface area (Å²) in [5.74, 6) is 0.644. The fourth-order valence-corrected chi connectivity index (χ4v) is 2.82. The molecule has 0 aliphatic rings. The number of carbonyl (C=O) groups is 1. The Bertz CT molecular complexity index is 1120. The second kappa shape index (κ2) is 10.9. The molecule has 0 radical (unpaired) electrons. The Hall–Kier alpha value is -3.91. The molecule has 3 aromatic carbocycles. The van der Waals surface area contributed by atoms with Gasteiger partial charge in [-0.2, -0.15) is 5.10 Å². The first kappa shape index (κ1) is 22.8. The van der Waals surface area contributed by atoms with Crippen LogP contribution in [0.25, 0.3) is 0 Å². The third-order valence-corrected chi connectivity index (χ3v) is 4.55. The number of nitro benzene ring substituents is 1. The van der Waals surface area contributed by atoms with Crippen LogP contribution >= 0.6 is 11.6 Å². The average molecular weight is 454 g/mol. The van der Waals surface area contributed by atoms with Gasteiger partial charge < -0.3 is 9.47 Å². The molecular weight excluding hydrogens is 434 g/mol. The zero-order valence-corrected chi connectivity index (χ0v) is 17.9. The van der Waals surface area contributed by atoms with Crippen molar-refractivity contribution in [2.24, 2.45) is 5.10 Å². The lowest BCUT2D eigenvalue weighted by Crippen LogP contribution is -2.17. The topological polar surface area (TPSA) is 103 Å². The molecule has 0 spiro atoms. The third kappa shape index (κ3) is 6.29. The summed E-state index contributed by atoms with van der Waals surface area (Å²) in [7, 11) is 0. The second-order valence-corrected chi connectivity index (χ2v) is 6.99. The van der Waals surface area contributed by atoms with E-state index in [0.717, 1.165) is 5.56 Å². The normalized spacial score (nSPS) is 10.7. The Morgan fingerprint density at radius 3 is 2.44 bits per heavy atom. The summed E-state index contributed by atoms with van der Waals surface area (Å²) in [4.78, 5) is 22.3. The molecule has 1 amide bonds. The number of non-ortho nitro benzene ring substituents is 1. The lowest BCUT2D eigenvalue weighted by molar-refractivity contribution is -0.384. The molecule has 0 bridgehead atoms. The highest BCUT2D eigenvalue weighted by atomic mass is 35.5. The van der Waals surface area contributed by atoms with Crippen LogP contribution in [0.4, 0.5) is 5.69 Å². The van der Waals surface area contributed by atoms with Crippen molar-refractivity contribution in [1.29, 1.82) is 0 Å². The monoisotopic (exact) mass is 453 g/mol. The fraction of sp³-hybridized carbons (Fsp3) is 0.130. The smallest absolute Gasteiger partial charge is 0.271 e. The van der Waals surface area contributed by atoms with Crippen LogP contribution in [0.15, 0.2) is 71.8 Å². The average Bonchev–Trinajstić information content (AvgIpc) is 2.80. The minimum absolute atomic E-state index is 0.0909. The number of nitrogens with one attached hydrogen (secondary N) is 1. The van der Waals surface area contributed by atoms with E-state index in [1.807, 2.05) is 19.1 Å². The summed E-state index contributed by atoms with van der Waals surface area (Å²) >= 11 is 5.90. The van der Waals surface area contributed by atoms with Crippen LogP contribution in [-0.4, -0.2) is 23.7 Å². The van der Waals surface area contributed by atoms with Gasteiger partial charge >= 0.3 is 0 Å². The first-order chi connectivity index (χ1) is 15.5. The maximum atomic E-state index is 12.1. The highest BCUT2D eigenvalue weighted by Crippen LogP contribution is 2.29. The molecule has 9 heteroatoms. The van der Waals surface area contributed by atoms with Crippen molar-refractivity contribution < 1.29 is 19.2 Å². The van der Waals surface area contributed by atoms with Gasteiger partial charge in [-0.25, -0.2) is 5.43 Å². The van der Waals surface area contributed by atoms with Gasteiger partial charge in [0.2, 0.25) is 0 Å². The van der Waals surface area contributed by atoms with Gasteiger partial charge in [0.15, 0.2) is 11.5 Å². The number of rotatable bonds is 9. The van der Waals surface area contributed by atoms with Crippen molar-refractivity contribution in [3.63, 3.8) is 0 Å². The molecule has 3 rings (SSSR count). The largest absolute Gasteiger partial charge is 0.490 e. The van der Waals surface area contributed by atoms with E-state index in [1.54, 1.807) is 30.3 Å². The molecule has 0 atom stereocenters. The van der Waals surface area contributed by atoms with Crippen molar-refractivity contribution in [3.8, 4) is 11.5 Å². The molecule has 0 aliphatic carbocycles. The van der Waals surface area contributed by atoms with E-state index in [-0.39, 0.29) is 11.3 Å². The zero-order chi connectivity index (χ0) is 22.9. The number of hydrogen-bond acceptors (Lipinski definition) is 6. The first-order valence-electron chi connectivity index (χ1n) is 9.68. The SMILES string of the molecule is CCOc1cc(C=NNC(=O)c2ccc([N+](=O)[O-])cc2)ccc1OCc1ccc(Cl)cc1. The van der Waals surface area contributed by atoms with Crippen molar-refractivity contribution in [2.45, 2.75) is 13.5 Å². The molecule has 0 fully saturated rings. The number of benzene rings is 3. The van der Waals surface area contributed by atoms with E-state index in [4.69, 9.17) is 21.1 Å². The number of carbonyl (C=O) groups excluding carboxylic acids is 1. The van der Waals surface area contributed by atoms with E-state index in [1.165, 1.54) is 30.5 Å². The van der Waals surface area contributed by atoms with Gasteiger partial charge in [-0.1, -0.05) is 23.7 Å². The van der Waals surface area contributed by atoms with E-state index >= 15 is 0 Å². The summed E-state index contributed by atoms with van der Waals surface area (Å²) in [5.41, 5.74) is 4.22. The number of ether oxygens (including phenoxy) is 2. The molecule has 0 aromatic heterocycles. The predicted molar refractivity (Wildman–Crippen MR) is 122 cm³/mol. The first-order valence-corrected chi connectivity index (χ1v) is 10.1. The third-order valence-electron chi connectivity index (χ3n) is 4.30. The molecule has 0 saturated heterocycles. The Kier molecular flexibility index (Phi) is 7.77. The molecule has 0 aliphatic heterocycles. The number of hydrogen-bond donors (Lipinski definition) is 1. The summed E-state index contributed by atoms with van der Waals surface area (Å²) < 4.78 is 11.5. The van der Waals surface area contributed by atoms with E-state index in [2.05, 4.69) is 10.5 Å². The van der Waals surface area contributed by atoms with E-state index < -0.39 is 10.8 Å².